The van der Waals surface area contributed by atoms with E-state index in [1.165, 1.54) is 43.2 Å². The first-order chi connectivity index (χ1) is 8.22. The van der Waals surface area contributed by atoms with Crippen LogP contribution in [-0.4, -0.2) is 4.98 Å². The Kier molecular flexibility index (Phi) is 3.79. The third-order valence-electron chi connectivity index (χ3n) is 4.31. The van der Waals surface area contributed by atoms with Gasteiger partial charge in [0.15, 0.2) is 0 Å². The van der Waals surface area contributed by atoms with E-state index in [0.29, 0.717) is 5.41 Å². The van der Waals surface area contributed by atoms with Crippen molar-refractivity contribution < 1.29 is 0 Å². The smallest absolute Gasteiger partial charge is 0.0531 e. The lowest BCUT2D eigenvalue weighted by atomic mass is 9.74. The molecule has 0 bridgehead atoms. The highest BCUT2D eigenvalue weighted by atomic mass is 15.2. The van der Waals surface area contributed by atoms with Crippen molar-refractivity contribution in [1.82, 2.24) is 10.4 Å². The lowest BCUT2D eigenvalue weighted by molar-refractivity contribution is 0.187. The zero-order chi connectivity index (χ0) is 12.3. The van der Waals surface area contributed by atoms with Gasteiger partial charge in [0.05, 0.1) is 6.04 Å². The summed E-state index contributed by atoms with van der Waals surface area (Å²) in [6, 6.07) is 2.44. The molecule has 3 N–H and O–H groups in total. The SMILES string of the molecule is CCC1(C(NN)c2cncc(C)c2)CCCC1. The molecule has 0 radical (unpaired) electrons. The third kappa shape index (κ3) is 2.35. The van der Waals surface area contributed by atoms with E-state index in [4.69, 9.17) is 5.84 Å². The van der Waals surface area contributed by atoms with Gasteiger partial charge in [-0.15, -0.1) is 0 Å². The van der Waals surface area contributed by atoms with Crippen LogP contribution in [0.3, 0.4) is 0 Å². The molecule has 1 aromatic heterocycles. The molecule has 94 valence electrons. The second-order valence-corrected chi connectivity index (χ2v) is 5.32. The molecule has 0 aromatic carbocycles. The molecule has 2 rings (SSSR count). The molecule has 1 aliphatic rings. The molecule has 0 spiro atoms. The van der Waals surface area contributed by atoms with E-state index >= 15 is 0 Å². The zero-order valence-electron chi connectivity index (χ0n) is 10.9. The Bertz CT molecular complexity index is 369. The highest BCUT2D eigenvalue weighted by Crippen LogP contribution is 2.49. The van der Waals surface area contributed by atoms with Crippen molar-refractivity contribution in [3.63, 3.8) is 0 Å². The molecule has 0 amide bonds. The first-order valence-electron chi connectivity index (χ1n) is 6.59. The minimum Gasteiger partial charge on any atom is -0.271 e. The van der Waals surface area contributed by atoms with Crippen LogP contribution in [-0.2, 0) is 0 Å². The topological polar surface area (TPSA) is 50.9 Å². The van der Waals surface area contributed by atoms with Crippen molar-refractivity contribution in [1.29, 1.82) is 0 Å². The number of nitrogens with zero attached hydrogens (tertiary/aromatic N) is 1. The van der Waals surface area contributed by atoms with E-state index in [9.17, 15) is 0 Å². The van der Waals surface area contributed by atoms with Crippen LogP contribution in [0.5, 0.6) is 0 Å². The molecule has 0 saturated heterocycles. The Morgan fingerprint density at radius 1 is 1.41 bits per heavy atom. The van der Waals surface area contributed by atoms with Crippen LogP contribution in [0.1, 0.15) is 56.2 Å². The minimum atomic E-state index is 0.238. The Morgan fingerprint density at radius 3 is 2.65 bits per heavy atom. The fourth-order valence-corrected chi connectivity index (χ4v) is 3.29. The van der Waals surface area contributed by atoms with Crippen molar-refractivity contribution >= 4 is 0 Å². The zero-order valence-corrected chi connectivity index (χ0v) is 10.9. The van der Waals surface area contributed by atoms with Crippen LogP contribution in [0, 0.1) is 12.3 Å². The fraction of sp³-hybridized carbons (Fsp3) is 0.643. The molecule has 1 aliphatic carbocycles. The minimum absolute atomic E-state index is 0.238. The summed E-state index contributed by atoms with van der Waals surface area (Å²) in [5.74, 6) is 5.82. The Morgan fingerprint density at radius 2 is 2.12 bits per heavy atom. The maximum absolute atomic E-state index is 5.82. The van der Waals surface area contributed by atoms with Crippen molar-refractivity contribution in [3.05, 3.63) is 29.6 Å². The average Bonchev–Trinajstić information content (AvgIpc) is 2.80. The lowest BCUT2D eigenvalue weighted by Gasteiger charge is -2.36. The van der Waals surface area contributed by atoms with Gasteiger partial charge in [-0.3, -0.25) is 16.3 Å². The van der Waals surface area contributed by atoms with Gasteiger partial charge in [0, 0.05) is 12.4 Å². The molecule has 1 heterocycles. The average molecular weight is 233 g/mol. The first kappa shape index (κ1) is 12.5. The number of aryl methyl sites for hydroxylation is 1. The van der Waals surface area contributed by atoms with Crippen LogP contribution in [0.15, 0.2) is 18.5 Å². The molecule has 1 saturated carbocycles. The van der Waals surface area contributed by atoms with Gasteiger partial charge in [0.25, 0.3) is 0 Å². The van der Waals surface area contributed by atoms with Gasteiger partial charge < -0.3 is 0 Å². The van der Waals surface area contributed by atoms with Gasteiger partial charge in [-0.05, 0) is 42.7 Å². The number of nitrogens with two attached hydrogens (primary N) is 1. The summed E-state index contributed by atoms with van der Waals surface area (Å²) in [5, 5.41) is 0. The van der Waals surface area contributed by atoms with E-state index in [-0.39, 0.29) is 6.04 Å². The van der Waals surface area contributed by atoms with E-state index < -0.39 is 0 Å². The molecule has 17 heavy (non-hydrogen) atoms. The first-order valence-corrected chi connectivity index (χ1v) is 6.59. The summed E-state index contributed by atoms with van der Waals surface area (Å²) < 4.78 is 0. The predicted molar refractivity (Wildman–Crippen MR) is 70.2 cm³/mol. The Labute approximate surface area is 104 Å². The molecule has 3 nitrogen and oxygen atoms in total. The maximum atomic E-state index is 5.82. The van der Waals surface area contributed by atoms with Crippen molar-refractivity contribution in [2.45, 2.75) is 52.0 Å². The molecule has 1 unspecified atom stereocenters. The molecule has 1 fully saturated rings. The van der Waals surface area contributed by atoms with Gasteiger partial charge >= 0.3 is 0 Å². The summed E-state index contributed by atoms with van der Waals surface area (Å²) in [5.41, 5.74) is 5.80. The van der Waals surface area contributed by atoms with Gasteiger partial charge in [-0.25, -0.2) is 0 Å². The third-order valence-corrected chi connectivity index (χ3v) is 4.31. The van der Waals surface area contributed by atoms with Crippen LogP contribution >= 0.6 is 0 Å². The van der Waals surface area contributed by atoms with Gasteiger partial charge in [0.1, 0.15) is 0 Å². The van der Waals surface area contributed by atoms with Crippen LogP contribution in [0.25, 0.3) is 0 Å². The van der Waals surface area contributed by atoms with Crippen LogP contribution in [0.2, 0.25) is 0 Å². The van der Waals surface area contributed by atoms with E-state index in [2.05, 4.69) is 30.3 Å². The van der Waals surface area contributed by atoms with Crippen LogP contribution < -0.4 is 11.3 Å². The van der Waals surface area contributed by atoms with Crippen molar-refractivity contribution in [3.8, 4) is 0 Å². The number of nitrogens with one attached hydrogen (secondary N) is 1. The number of hydrazine groups is 1. The monoisotopic (exact) mass is 233 g/mol. The largest absolute Gasteiger partial charge is 0.271 e. The molecular formula is C14H23N3. The normalized spacial score (nSPS) is 20.4. The molecule has 1 atom stereocenters. The maximum Gasteiger partial charge on any atom is 0.0531 e. The highest BCUT2D eigenvalue weighted by molar-refractivity contribution is 5.22. The van der Waals surface area contributed by atoms with E-state index in [1.54, 1.807) is 0 Å². The second kappa shape index (κ2) is 5.15. The summed E-state index contributed by atoms with van der Waals surface area (Å²) in [7, 11) is 0. The van der Waals surface area contributed by atoms with Crippen molar-refractivity contribution in [2.24, 2.45) is 11.3 Å². The molecule has 3 heteroatoms. The molecule has 1 aromatic rings. The van der Waals surface area contributed by atoms with Crippen LogP contribution in [0.4, 0.5) is 0 Å². The number of pyridine rings is 1. The van der Waals surface area contributed by atoms with Crippen molar-refractivity contribution in [2.75, 3.05) is 0 Å². The fourth-order valence-electron chi connectivity index (χ4n) is 3.29. The standard InChI is InChI=1S/C14H23N3/c1-3-14(6-4-5-7-14)13(17-15)12-8-11(2)9-16-10-12/h8-10,13,17H,3-7,15H2,1-2H3. The quantitative estimate of drug-likeness (QED) is 0.621. The highest BCUT2D eigenvalue weighted by Gasteiger charge is 2.40. The number of aromatic nitrogens is 1. The van der Waals surface area contributed by atoms with E-state index in [0.717, 1.165) is 0 Å². The summed E-state index contributed by atoms with van der Waals surface area (Å²) in [6.45, 7) is 4.36. The molecular weight excluding hydrogens is 210 g/mol. The van der Waals surface area contributed by atoms with Gasteiger partial charge in [0.2, 0.25) is 0 Å². The number of hydrogen-bond acceptors (Lipinski definition) is 3. The van der Waals surface area contributed by atoms with Gasteiger partial charge in [-0.1, -0.05) is 25.8 Å². The van der Waals surface area contributed by atoms with E-state index in [1.807, 2.05) is 12.4 Å². The summed E-state index contributed by atoms with van der Waals surface area (Å²) in [4.78, 5) is 4.29. The predicted octanol–water partition coefficient (Wildman–Crippen LogP) is 2.86. The lowest BCUT2D eigenvalue weighted by Crippen LogP contribution is -2.40. The summed E-state index contributed by atoms with van der Waals surface area (Å²) >= 11 is 0. The second-order valence-electron chi connectivity index (χ2n) is 5.32. The summed E-state index contributed by atoms with van der Waals surface area (Å²) in [6.07, 6.45) is 10.2. The number of rotatable bonds is 4. The van der Waals surface area contributed by atoms with Gasteiger partial charge in [-0.2, -0.15) is 0 Å². The molecule has 0 aliphatic heterocycles. The number of hydrogen-bond donors (Lipinski definition) is 2. The Hall–Kier alpha value is -0.930. The Balaban J connectivity index is 2.32.